The quantitative estimate of drug-likeness (QED) is 0.201. The number of hydrogen-bond acceptors (Lipinski definition) is 6. The van der Waals surface area contributed by atoms with Gasteiger partial charge in [0.1, 0.15) is 17.3 Å². The van der Waals surface area contributed by atoms with E-state index in [1.807, 2.05) is 0 Å². The standard InChI is InChI=1S/C25H16BrFN2O4S/c1-33-17-10-11-18-19(12-17)34-25(28-18)29-21(13-2-6-15(26)7-3-13)20(23(31)24(29)32)22(30)14-4-8-16(27)9-5-14/h2-12,21,30H,1H3/b22-20+/t21-/m1/s1. The zero-order chi connectivity index (χ0) is 24.0. The van der Waals surface area contributed by atoms with Crippen LogP contribution in [-0.2, 0) is 9.59 Å². The number of aliphatic hydroxyl groups is 1. The van der Waals surface area contributed by atoms with Crippen LogP contribution in [0.1, 0.15) is 17.2 Å². The molecule has 34 heavy (non-hydrogen) atoms. The van der Waals surface area contributed by atoms with Crippen LogP contribution in [0, 0.1) is 5.82 Å². The monoisotopic (exact) mass is 538 g/mol. The Morgan fingerprint density at radius 2 is 1.79 bits per heavy atom. The summed E-state index contributed by atoms with van der Waals surface area (Å²) >= 11 is 4.64. The number of fused-ring (bicyclic) bond motifs is 1. The maximum Gasteiger partial charge on any atom is 0.301 e. The first-order valence-corrected chi connectivity index (χ1v) is 11.8. The number of methoxy groups -OCH3 is 1. The van der Waals surface area contributed by atoms with Crippen LogP contribution in [0.2, 0.25) is 0 Å². The Hall–Kier alpha value is -3.56. The number of anilines is 1. The third-order valence-electron chi connectivity index (χ3n) is 5.54. The molecular weight excluding hydrogens is 523 g/mol. The molecule has 170 valence electrons. The number of nitrogens with zero attached hydrogens (tertiary/aromatic N) is 2. The highest BCUT2D eigenvalue weighted by Crippen LogP contribution is 2.44. The fourth-order valence-corrected chi connectivity index (χ4v) is 5.16. The summed E-state index contributed by atoms with van der Waals surface area (Å²) in [4.78, 5) is 32.3. The van der Waals surface area contributed by atoms with Gasteiger partial charge in [0.05, 0.1) is 28.9 Å². The molecule has 1 aliphatic heterocycles. The van der Waals surface area contributed by atoms with Gasteiger partial charge < -0.3 is 9.84 Å². The van der Waals surface area contributed by atoms with E-state index >= 15 is 0 Å². The van der Waals surface area contributed by atoms with Gasteiger partial charge in [-0.1, -0.05) is 39.4 Å². The molecule has 4 aromatic rings. The second kappa shape index (κ2) is 8.66. The molecule has 1 aliphatic rings. The first-order chi connectivity index (χ1) is 16.4. The largest absolute Gasteiger partial charge is 0.507 e. The van der Waals surface area contributed by atoms with Crippen LogP contribution in [0.4, 0.5) is 9.52 Å². The van der Waals surface area contributed by atoms with Crippen molar-refractivity contribution in [2.45, 2.75) is 6.04 Å². The van der Waals surface area contributed by atoms with Crippen LogP contribution in [0.3, 0.4) is 0 Å². The number of ketones is 1. The van der Waals surface area contributed by atoms with Gasteiger partial charge in [0, 0.05) is 10.0 Å². The van der Waals surface area contributed by atoms with Crippen molar-refractivity contribution in [1.29, 1.82) is 0 Å². The molecule has 1 atom stereocenters. The highest BCUT2D eigenvalue weighted by molar-refractivity contribution is 9.10. The van der Waals surface area contributed by atoms with Crippen LogP contribution in [0.15, 0.2) is 76.8 Å². The van der Waals surface area contributed by atoms with Gasteiger partial charge in [0.25, 0.3) is 5.78 Å². The normalized spacial score (nSPS) is 17.5. The van der Waals surface area contributed by atoms with Crippen molar-refractivity contribution >= 4 is 60.1 Å². The fourth-order valence-electron chi connectivity index (χ4n) is 3.88. The van der Waals surface area contributed by atoms with Crippen LogP contribution >= 0.6 is 27.3 Å². The van der Waals surface area contributed by atoms with E-state index in [9.17, 15) is 19.1 Å². The average Bonchev–Trinajstić information content (AvgIpc) is 3.37. The Morgan fingerprint density at radius 3 is 2.47 bits per heavy atom. The van der Waals surface area contributed by atoms with E-state index in [2.05, 4.69) is 20.9 Å². The summed E-state index contributed by atoms with van der Waals surface area (Å²) in [6.45, 7) is 0. The van der Waals surface area contributed by atoms with E-state index in [1.54, 1.807) is 49.6 Å². The van der Waals surface area contributed by atoms with E-state index in [-0.39, 0.29) is 16.9 Å². The second-order valence-corrected chi connectivity index (χ2v) is 9.48. The molecule has 9 heteroatoms. The zero-order valence-corrected chi connectivity index (χ0v) is 20.1. The molecular formula is C25H16BrFN2O4S. The minimum Gasteiger partial charge on any atom is -0.507 e. The number of aliphatic hydroxyl groups excluding tert-OH is 1. The number of hydrogen-bond donors (Lipinski definition) is 1. The molecule has 1 N–H and O–H groups in total. The number of halogens is 2. The lowest BCUT2D eigenvalue weighted by Gasteiger charge is -2.23. The predicted octanol–water partition coefficient (Wildman–Crippen LogP) is 5.83. The second-order valence-electron chi connectivity index (χ2n) is 7.56. The highest BCUT2D eigenvalue weighted by Gasteiger charge is 2.48. The number of carbonyl (C=O) groups excluding carboxylic acids is 2. The Labute approximate surface area is 206 Å². The number of carbonyl (C=O) groups is 2. The first-order valence-electron chi connectivity index (χ1n) is 10.1. The van der Waals surface area contributed by atoms with Gasteiger partial charge in [-0.3, -0.25) is 14.5 Å². The van der Waals surface area contributed by atoms with Crippen LogP contribution in [0.25, 0.3) is 16.0 Å². The molecule has 0 aliphatic carbocycles. The Morgan fingerprint density at radius 1 is 1.09 bits per heavy atom. The molecule has 0 bridgehead atoms. The Bertz CT molecular complexity index is 1460. The van der Waals surface area contributed by atoms with E-state index < -0.39 is 23.5 Å². The molecule has 3 aromatic carbocycles. The summed E-state index contributed by atoms with van der Waals surface area (Å²) in [5, 5.41) is 11.4. The van der Waals surface area contributed by atoms with Gasteiger partial charge in [0.2, 0.25) is 0 Å². The summed E-state index contributed by atoms with van der Waals surface area (Å²) in [5.41, 5.74) is 1.41. The molecule has 5 rings (SSSR count). The summed E-state index contributed by atoms with van der Waals surface area (Å²) in [6, 6.07) is 16.6. The van der Waals surface area contributed by atoms with Gasteiger partial charge in [-0.05, 0) is 60.2 Å². The fraction of sp³-hybridized carbons (Fsp3) is 0.0800. The van der Waals surface area contributed by atoms with Crippen molar-refractivity contribution < 1.29 is 23.8 Å². The third-order valence-corrected chi connectivity index (χ3v) is 7.08. The molecule has 0 saturated carbocycles. The molecule has 1 saturated heterocycles. The maximum atomic E-state index is 13.4. The number of ether oxygens (including phenoxy) is 1. The molecule has 1 amide bonds. The third kappa shape index (κ3) is 3.76. The van der Waals surface area contributed by atoms with Crippen molar-refractivity contribution in [3.63, 3.8) is 0 Å². The Kier molecular flexibility index (Phi) is 5.66. The molecule has 0 radical (unpaired) electrons. The van der Waals surface area contributed by atoms with Crippen molar-refractivity contribution in [2.24, 2.45) is 0 Å². The van der Waals surface area contributed by atoms with Crippen molar-refractivity contribution in [3.8, 4) is 5.75 Å². The van der Waals surface area contributed by atoms with Crippen LogP contribution < -0.4 is 9.64 Å². The van der Waals surface area contributed by atoms with Crippen molar-refractivity contribution in [1.82, 2.24) is 4.98 Å². The zero-order valence-electron chi connectivity index (χ0n) is 17.7. The van der Waals surface area contributed by atoms with Crippen molar-refractivity contribution in [3.05, 3.63) is 93.7 Å². The first kappa shape index (κ1) is 22.2. The predicted molar refractivity (Wildman–Crippen MR) is 131 cm³/mol. The van der Waals surface area contributed by atoms with Gasteiger partial charge >= 0.3 is 5.91 Å². The molecule has 2 heterocycles. The SMILES string of the molecule is COc1ccc2nc(N3C(=O)C(=O)/C(=C(/O)c4ccc(F)cc4)[C@H]3c3ccc(Br)cc3)sc2c1. The van der Waals surface area contributed by atoms with Gasteiger partial charge in [-0.15, -0.1) is 0 Å². The number of aromatic nitrogens is 1. The van der Waals surface area contributed by atoms with E-state index in [4.69, 9.17) is 4.74 Å². The number of benzene rings is 3. The van der Waals surface area contributed by atoms with Gasteiger partial charge in [-0.2, -0.15) is 0 Å². The molecule has 0 spiro atoms. The highest BCUT2D eigenvalue weighted by atomic mass is 79.9. The van der Waals surface area contributed by atoms with E-state index in [0.29, 0.717) is 22.0 Å². The van der Waals surface area contributed by atoms with E-state index in [0.717, 1.165) is 9.17 Å². The summed E-state index contributed by atoms with van der Waals surface area (Å²) in [7, 11) is 1.56. The molecule has 6 nitrogen and oxygen atoms in total. The van der Waals surface area contributed by atoms with Crippen molar-refractivity contribution in [2.75, 3.05) is 12.0 Å². The lowest BCUT2D eigenvalue weighted by molar-refractivity contribution is -0.132. The van der Waals surface area contributed by atoms with Gasteiger partial charge in [-0.25, -0.2) is 9.37 Å². The molecule has 1 fully saturated rings. The lowest BCUT2D eigenvalue weighted by Crippen LogP contribution is -2.29. The van der Waals surface area contributed by atoms with Crippen LogP contribution in [-0.4, -0.2) is 28.9 Å². The molecule has 1 aromatic heterocycles. The lowest BCUT2D eigenvalue weighted by atomic mass is 9.95. The summed E-state index contributed by atoms with van der Waals surface area (Å²) < 4.78 is 20.3. The summed E-state index contributed by atoms with van der Waals surface area (Å²) in [5.74, 6) is -1.86. The Balaban J connectivity index is 1.71. The van der Waals surface area contributed by atoms with Crippen LogP contribution in [0.5, 0.6) is 5.75 Å². The topological polar surface area (TPSA) is 79.7 Å². The number of rotatable bonds is 4. The summed E-state index contributed by atoms with van der Waals surface area (Å²) in [6.07, 6.45) is 0. The molecule has 0 unspecified atom stereocenters. The minimum atomic E-state index is -0.916. The maximum absolute atomic E-state index is 13.4. The minimum absolute atomic E-state index is 0.0873. The number of Topliss-reactive ketones (excluding diaryl/α,β-unsaturated/α-hetero) is 1. The van der Waals surface area contributed by atoms with Gasteiger partial charge in [0.15, 0.2) is 5.13 Å². The smallest absolute Gasteiger partial charge is 0.301 e. The average molecular weight is 539 g/mol. The number of thiazole rings is 1. The number of amides is 1. The van der Waals surface area contributed by atoms with E-state index in [1.165, 1.54) is 40.5 Å².